The lowest BCUT2D eigenvalue weighted by Crippen LogP contribution is -2.35. The van der Waals surface area contributed by atoms with E-state index in [9.17, 15) is 13.2 Å². The van der Waals surface area contributed by atoms with Gasteiger partial charge in [0.1, 0.15) is 0 Å². The molecule has 0 spiro atoms. The molecule has 0 saturated carbocycles. The Hall–Kier alpha value is -1.89. The van der Waals surface area contributed by atoms with Crippen LogP contribution in [0.3, 0.4) is 0 Å². The van der Waals surface area contributed by atoms with E-state index in [1.807, 2.05) is 0 Å². The molecule has 0 aromatic carbocycles. The zero-order valence-corrected chi connectivity index (χ0v) is 12.6. The normalized spacial score (nSPS) is 16.3. The first-order valence-electron chi connectivity index (χ1n) is 6.95. The summed E-state index contributed by atoms with van der Waals surface area (Å²) in [7, 11) is -3.49. The van der Waals surface area contributed by atoms with Gasteiger partial charge in [0, 0.05) is 25.5 Å². The third-order valence-corrected chi connectivity index (χ3v) is 4.64. The lowest BCUT2D eigenvalue weighted by atomic mass is 10.1. The average Bonchev–Trinajstić information content (AvgIpc) is 2.87. The van der Waals surface area contributed by atoms with Crippen LogP contribution in [0.25, 0.3) is 5.52 Å². The maximum Gasteiger partial charge on any atom is 0.274 e. The molecular formula is C14H17N3O3S. The van der Waals surface area contributed by atoms with Gasteiger partial charge in [0.05, 0.1) is 5.52 Å². The van der Waals surface area contributed by atoms with Crippen LogP contribution in [-0.2, 0) is 9.84 Å². The van der Waals surface area contributed by atoms with Crippen LogP contribution in [0.15, 0.2) is 29.6 Å². The summed E-state index contributed by atoms with van der Waals surface area (Å²) < 4.78 is 25.2. The second-order valence-electron chi connectivity index (χ2n) is 5.32. The summed E-state index contributed by atoms with van der Waals surface area (Å²) in [5.41, 5.74) is 0.756. The Kier molecular flexibility index (Phi) is 3.44. The third-order valence-electron chi connectivity index (χ3n) is 3.69. The van der Waals surface area contributed by atoms with Crippen molar-refractivity contribution < 1.29 is 13.2 Å². The summed E-state index contributed by atoms with van der Waals surface area (Å²) in [6.45, 7) is 1.41. The summed E-state index contributed by atoms with van der Waals surface area (Å²) in [4.78, 5) is 18.5. The number of piperidine rings is 1. The van der Waals surface area contributed by atoms with Gasteiger partial charge >= 0.3 is 0 Å². The van der Waals surface area contributed by atoms with Crippen molar-refractivity contribution >= 4 is 21.3 Å². The number of nitrogens with zero attached hydrogens (tertiary/aromatic N) is 3. The number of likely N-dealkylation sites (tertiary alicyclic amines) is 1. The Morgan fingerprint density at radius 3 is 2.57 bits per heavy atom. The molecule has 0 N–H and O–H groups in total. The monoisotopic (exact) mass is 307 g/mol. The molecule has 1 aliphatic heterocycles. The first kappa shape index (κ1) is 14.1. The van der Waals surface area contributed by atoms with Crippen LogP contribution >= 0.6 is 0 Å². The van der Waals surface area contributed by atoms with Gasteiger partial charge in [0.2, 0.25) is 15.0 Å². The second kappa shape index (κ2) is 5.14. The van der Waals surface area contributed by atoms with Gasteiger partial charge in [0.15, 0.2) is 5.69 Å². The molecule has 1 fully saturated rings. The number of pyridine rings is 1. The van der Waals surface area contributed by atoms with Gasteiger partial charge in [-0.25, -0.2) is 13.4 Å². The topological polar surface area (TPSA) is 71.7 Å². The van der Waals surface area contributed by atoms with Crippen LogP contribution < -0.4 is 0 Å². The van der Waals surface area contributed by atoms with E-state index in [-0.39, 0.29) is 16.8 Å². The number of amides is 1. The van der Waals surface area contributed by atoms with Crippen molar-refractivity contribution in [2.24, 2.45) is 0 Å². The fourth-order valence-corrected chi connectivity index (χ4v) is 3.45. The molecule has 21 heavy (non-hydrogen) atoms. The highest BCUT2D eigenvalue weighted by molar-refractivity contribution is 7.90. The summed E-state index contributed by atoms with van der Waals surface area (Å²) >= 11 is 0. The van der Waals surface area contributed by atoms with Crippen LogP contribution in [0.2, 0.25) is 0 Å². The maximum atomic E-state index is 12.6. The van der Waals surface area contributed by atoms with E-state index in [0.717, 1.165) is 25.5 Å². The maximum absolute atomic E-state index is 12.6. The van der Waals surface area contributed by atoms with Gasteiger partial charge in [-0.2, -0.15) is 0 Å². The molecule has 0 bridgehead atoms. The van der Waals surface area contributed by atoms with Crippen molar-refractivity contribution in [2.75, 3.05) is 19.3 Å². The highest BCUT2D eigenvalue weighted by Crippen LogP contribution is 2.20. The molecule has 0 unspecified atom stereocenters. The molecule has 0 aliphatic carbocycles. The highest BCUT2D eigenvalue weighted by Gasteiger charge is 2.26. The van der Waals surface area contributed by atoms with E-state index < -0.39 is 9.84 Å². The smallest absolute Gasteiger partial charge is 0.274 e. The number of hydrogen-bond acceptors (Lipinski definition) is 4. The molecular weight excluding hydrogens is 290 g/mol. The van der Waals surface area contributed by atoms with E-state index in [1.165, 1.54) is 4.40 Å². The predicted molar refractivity (Wildman–Crippen MR) is 78.1 cm³/mol. The number of sulfone groups is 1. The molecule has 3 rings (SSSR count). The van der Waals surface area contributed by atoms with E-state index in [4.69, 9.17) is 0 Å². The summed E-state index contributed by atoms with van der Waals surface area (Å²) in [5.74, 6) is -0.187. The SMILES string of the molecule is CS(=O)(=O)c1nc(C(=O)N2CCCCC2)c2ccccn12. The standard InChI is InChI=1S/C14H17N3O3S/c1-21(19,20)14-15-12(11-7-3-6-10-17(11)14)13(18)16-8-4-2-5-9-16/h3,6-7,10H,2,4-5,8-9H2,1H3. The zero-order valence-electron chi connectivity index (χ0n) is 11.8. The fourth-order valence-electron chi connectivity index (χ4n) is 2.68. The van der Waals surface area contributed by atoms with Gasteiger partial charge in [-0.05, 0) is 31.4 Å². The Morgan fingerprint density at radius 1 is 1.19 bits per heavy atom. The van der Waals surface area contributed by atoms with Crippen LogP contribution in [0.5, 0.6) is 0 Å². The Labute approximate surface area is 123 Å². The quantitative estimate of drug-likeness (QED) is 0.840. The van der Waals surface area contributed by atoms with Gasteiger partial charge in [-0.3, -0.25) is 9.20 Å². The number of rotatable bonds is 2. The molecule has 0 atom stereocenters. The van der Waals surface area contributed by atoms with Crippen molar-refractivity contribution in [2.45, 2.75) is 24.4 Å². The molecule has 0 radical (unpaired) electrons. The van der Waals surface area contributed by atoms with Gasteiger partial charge < -0.3 is 4.90 Å². The number of fused-ring (bicyclic) bond motifs is 1. The predicted octanol–water partition coefficient (Wildman–Crippen LogP) is 1.36. The molecule has 6 nitrogen and oxygen atoms in total. The number of hydrogen-bond donors (Lipinski definition) is 0. The molecule has 3 heterocycles. The Balaban J connectivity index is 2.12. The molecule has 1 amide bonds. The van der Waals surface area contributed by atoms with E-state index in [1.54, 1.807) is 29.3 Å². The Bertz CT molecular complexity index is 789. The van der Waals surface area contributed by atoms with Crippen LogP contribution in [0, 0.1) is 0 Å². The number of carbonyl (C=O) groups excluding carboxylic acids is 1. The first-order chi connectivity index (χ1) is 9.98. The minimum absolute atomic E-state index is 0.0848. The molecule has 2 aromatic heterocycles. The first-order valence-corrected chi connectivity index (χ1v) is 8.84. The molecule has 1 saturated heterocycles. The van der Waals surface area contributed by atoms with Gasteiger partial charge in [-0.15, -0.1) is 0 Å². The largest absolute Gasteiger partial charge is 0.337 e. The van der Waals surface area contributed by atoms with Crippen LogP contribution in [-0.4, -0.2) is 48.0 Å². The highest BCUT2D eigenvalue weighted by atomic mass is 32.2. The van der Waals surface area contributed by atoms with Crippen molar-refractivity contribution in [3.05, 3.63) is 30.1 Å². The Morgan fingerprint density at radius 2 is 1.90 bits per heavy atom. The lowest BCUT2D eigenvalue weighted by molar-refractivity contribution is 0.0720. The minimum Gasteiger partial charge on any atom is -0.337 e. The van der Waals surface area contributed by atoms with Crippen molar-refractivity contribution in [1.29, 1.82) is 0 Å². The van der Waals surface area contributed by atoms with E-state index in [0.29, 0.717) is 18.6 Å². The van der Waals surface area contributed by atoms with Crippen molar-refractivity contribution in [3.8, 4) is 0 Å². The molecule has 1 aliphatic rings. The third kappa shape index (κ3) is 2.53. The van der Waals surface area contributed by atoms with Gasteiger partial charge in [0.25, 0.3) is 5.91 Å². The second-order valence-corrected chi connectivity index (χ2v) is 7.23. The van der Waals surface area contributed by atoms with Gasteiger partial charge in [-0.1, -0.05) is 6.07 Å². The molecule has 112 valence electrons. The van der Waals surface area contributed by atoms with Crippen molar-refractivity contribution in [3.63, 3.8) is 0 Å². The van der Waals surface area contributed by atoms with E-state index >= 15 is 0 Å². The lowest BCUT2D eigenvalue weighted by Gasteiger charge is -2.25. The average molecular weight is 307 g/mol. The zero-order chi connectivity index (χ0) is 15.0. The molecule has 2 aromatic rings. The van der Waals surface area contributed by atoms with Crippen molar-refractivity contribution in [1.82, 2.24) is 14.3 Å². The fraction of sp³-hybridized carbons (Fsp3) is 0.429. The van der Waals surface area contributed by atoms with Crippen LogP contribution in [0.1, 0.15) is 29.8 Å². The number of imidazole rings is 1. The number of aromatic nitrogens is 2. The molecule has 7 heteroatoms. The summed E-state index contributed by atoms with van der Waals surface area (Å²) in [6.07, 6.45) is 5.81. The van der Waals surface area contributed by atoms with E-state index in [2.05, 4.69) is 4.98 Å². The van der Waals surface area contributed by atoms with Crippen LogP contribution in [0.4, 0.5) is 0 Å². The summed E-state index contributed by atoms with van der Waals surface area (Å²) in [6, 6.07) is 5.22. The minimum atomic E-state index is -3.49. The summed E-state index contributed by atoms with van der Waals surface area (Å²) in [5, 5.41) is -0.0848. The number of carbonyl (C=O) groups is 1.